The number of nitrogens with one attached hydrogen (secondary N) is 1. The summed E-state index contributed by atoms with van der Waals surface area (Å²) in [6.45, 7) is 0. The fourth-order valence-electron chi connectivity index (χ4n) is 1.65. The monoisotopic (exact) mass is 305 g/mol. The average molecular weight is 306 g/mol. The van der Waals surface area contributed by atoms with E-state index in [1.165, 1.54) is 18.5 Å². The predicted octanol–water partition coefficient (Wildman–Crippen LogP) is 2.18. The van der Waals surface area contributed by atoms with Crippen LogP contribution in [0.2, 0.25) is 5.02 Å². The van der Waals surface area contributed by atoms with Crippen LogP contribution < -0.4 is 11.1 Å². The van der Waals surface area contributed by atoms with Crippen molar-refractivity contribution in [1.82, 2.24) is 24.5 Å². The molecular weight excluding hydrogens is 297 g/mol. The molecule has 0 fully saturated rings. The Labute approximate surface area is 123 Å². The summed E-state index contributed by atoms with van der Waals surface area (Å²) in [5.74, 6) is -0.224. The maximum Gasteiger partial charge on any atom is 0.241 e. The van der Waals surface area contributed by atoms with Gasteiger partial charge in [-0.05, 0) is 12.1 Å². The molecule has 0 saturated heterocycles. The zero-order valence-electron chi connectivity index (χ0n) is 10.5. The standard InChI is InChI=1S/C12H9ClFN7/c13-7-2-1-3-8(9(7)14)17-11-18-10(15)19-12(20-11)21-5-4-16-6-21/h1-6H,(H3,15,17,18,19,20). The number of rotatable bonds is 3. The minimum absolute atomic E-state index is 0.00126. The van der Waals surface area contributed by atoms with Gasteiger partial charge in [0.15, 0.2) is 5.82 Å². The lowest BCUT2D eigenvalue weighted by Crippen LogP contribution is -2.08. The van der Waals surface area contributed by atoms with Gasteiger partial charge in [-0.2, -0.15) is 15.0 Å². The van der Waals surface area contributed by atoms with Gasteiger partial charge in [0.2, 0.25) is 17.8 Å². The van der Waals surface area contributed by atoms with Gasteiger partial charge in [-0.3, -0.25) is 4.57 Å². The van der Waals surface area contributed by atoms with Crippen LogP contribution in [0.5, 0.6) is 0 Å². The molecule has 0 amide bonds. The van der Waals surface area contributed by atoms with Crippen LogP contribution in [0.15, 0.2) is 36.9 Å². The third-order valence-corrected chi connectivity index (χ3v) is 2.87. The van der Waals surface area contributed by atoms with Crippen LogP contribution >= 0.6 is 11.6 Å². The first-order chi connectivity index (χ1) is 10.1. The van der Waals surface area contributed by atoms with E-state index in [-0.39, 0.29) is 28.6 Å². The zero-order chi connectivity index (χ0) is 14.8. The van der Waals surface area contributed by atoms with Crippen LogP contribution in [0.25, 0.3) is 5.95 Å². The summed E-state index contributed by atoms with van der Waals surface area (Å²) in [6, 6.07) is 4.56. The minimum atomic E-state index is -0.595. The van der Waals surface area contributed by atoms with Crippen molar-refractivity contribution in [1.29, 1.82) is 0 Å². The summed E-state index contributed by atoms with van der Waals surface area (Å²) in [7, 11) is 0. The molecule has 1 aromatic carbocycles. The number of imidazole rings is 1. The normalized spacial score (nSPS) is 10.6. The van der Waals surface area contributed by atoms with Crippen LogP contribution in [-0.2, 0) is 0 Å². The first-order valence-corrected chi connectivity index (χ1v) is 6.22. The lowest BCUT2D eigenvalue weighted by atomic mass is 10.3. The van der Waals surface area contributed by atoms with Crippen LogP contribution in [0, 0.1) is 5.82 Å². The molecule has 0 aliphatic rings. The molecule has 2 aromatic heterocycles. The van der Waals surface area contributed by atoms with Gasteiger partial charge in [0.25, 0.3) is 0 Å². The number of nitrogens with zero attached hydrogens (tertiary/aromatic N) is 5. The van der Waals surface area contributed by atoms with Crippen molar-refractivity contribution in [2.45, 2.75) is 0 Å². The molecular formula is C12H9ClFN7. The molecule has 0 atom stereocenters. The lowest BCUT2D eigenvalue weighted by Gasteiger charge is -2.08. The van der Waals surface area contributed by atoms with Gasteiger partial charge in [0.1, 0.15) is 6.33 Å². The highest BCUT2D eigenvalue weighted by Crippen LogP contribution is 2.24. The van der Waals surface area contributed by atoms with Gasteiger partial charge < -0.3 is 11.1 Å². The lowest BCUT2D eigenvalue weighted by molar-refractivity contribution is 0.632. The SMILES string of the molecule is Nc1nc(Nc2cccc(Cl)c2F)nc(-n2ccnc2)n1. The van der Waals surface area contributed by atoms with Crippen molar-refractivity contribution in [3.63, 3.8) is 0 Å². The number of aromatic nitrogens is 5. The van der Waals surface area contributed by atoms with Gasteiger partial charge in [-0.1, -0.05) is 17.7 Å². The predicted molar refractivity (Wildman–Crippen MR) is 76.1 cm³/mol. The topological polar surface area (TPSA) is 94.5 Å². The second kappa shape index (κ2) is 5.33. The van der Waals surface area contributed by atoms with Gasteiger partial charge in [0, 0.05) is 12.4 Å². The van der Waals surface area contributed by atoms with E-state index in [1.807, 2.05) is 0 Å². The summed E-state index contributed by atoms with van der Waals surface area (Å²) in [6.07, 6.45) is 4.74. The molecule has 2 heterocycles. The summed E-state index contributed by atoms with van der Waals surface area (Å²) in [5, 5.41) is 2.72. The van der Waals surface area contributed by atoms with E-state index in [9.17, 15) is 4.39 Å². The van der Waals surface area contributed by atoms with Crippen molar-refractivity contribution >= 4 is 29.2 Å². The van der Waals surface area contributed by atoms with E-state index in [4.69, 9.17) is 17.3 Å². The van der Waals surface area contributed by atoms with Crippen molar-refractivity contribution in [2.75, 3.05) is 11.1 Å². The second-order valence-corrected chi connectivity index (χ2v) is 4.42. The summed E-state index contributed by atoms with van der Waals surface area (Å²) >= 11 is 5.72. The first-order valence-electron chi connectivity index (χ1n) is 5.84. The first kappa shape index (κ1) is 13.3. The molecule has 106 valence electrons. The zero-order valence-corrected chi connectivity index (χ0v) is 11.3. The molecule has 9 heteroatoms. The number of hydrogen-bond donors (Lipinski definition) is 2. The van der Waals surface area contributed by atoms with E-state index >= 15 is 0 Å². The molecule has 0 bridgehead atoms. The molecule has 3 rings (SSSR count). The third kappa shape index (κ3) is 2.75. The highest BCUT2D eigenvalue weighted by atomic mass is 35.5. The fourth-order valence-corrected chi connectivity index (χ4v) is 1.82. The summed E-state index contributed by atoms with van der Waals surface area (Å²) < 4.78 is 15.4. The number of halogens is 2. The smallest absolute Gasteiger partial charge is 0.241 e. The summed E-state index contributed by atoms with van der Waals surface area (Å²) in [4.78, 5) is 15.9. The Morgan fingerprint density at radius 3 is 2.86 bits per heavy atom. The Morgan fingerprint density at radius 1 is 1.24 bits per heavy atom. The van der Waals surface area contributed by atoms with Crippen LogP contribution in [0.4, 0.5) is 22.0 Å². The Morgan fingerprint density at radius 2 is 2.10 bits per heavy atom. The fraction of sp³-hybridized carbons (Fsp3) is 0. The Balaban J connectivity index is 1.98. The maximum absolute atomic E-state index is 13.8. The van der Waals surface area contributed by atoms with E-state index in [0.29, 0.717) is 0 Å². The van der Waals surface area contributed by atoms with E-state index in [1.54, 1.807) is 23.0 Å². The largest absolute Gasteiger partial charge is 0.368 e. The number of benzene rings is 1. The number of anilines is 3. The molecule has 3 aromatic rings. The quantitative estimate of drug-likeness (QED) is 0.770. The Bertz CT molecular complexity index is 775. The molecule has 0 radical (unpaired) electrons. The van der Waals surface area contributed by atoms with Crippen LogP contribution in [-0.4, -0.2) is 24.5 Å². The molecule has 3 N–H and O–H groups in total. The highest BCUT2D eigenvalue weighted by molar-refractivity contribution is 6.31. The van der Waals surface area contributed by atoms with Crippen molar-refractivity contribution in [3.05, 3.63) is 47.8 Å². The van der Waals surface area contributed by atoms with Crippen LogP contribution in [0.3, 0.4) is 0 Å². The minimum Gasteiger partial charge on any atom is -0.368 e. The second-order valence-electron chi connectivity index (χ2n) is 4.01. The van der Waals surface area contributed by atoms with Gasteiger partial charge in [-0.25, -0.2) is 9.37 Å². The van der Waals surface area contributed by atoms with Gasteiger partial charge in [-0.15, -0.1) is 0 Å². The number of nitrogen functional groups attached to an aromatic ring is 1. The Hall–Kier alpha value is -2.74. The molecule has 0 saturated carbocycles. The van der Waals surface area contributed by atoms with Crippen molar-refractivity contribution in [3.8, 4) is 5.95 Å². The van der Waals surface area contributed by atoms with Crippen molar-refractivity contribution < 1.29 is 4.39 Å². The molecule has 0 unspecified atom stereocenters. The van der Waals surface area contributed by atoms with E-state index in [0.717, 1.165) is 0 Å². The van der Waals surface area contributed by atoms with Gasteiger partial charge in [0.05, 0.1) is 10.7 Å². The van der Waals surface area contributed by atoms with Crippen LogP contribution in [0.1, 0.15) is 0 Å². The molecule has 21 heavy (non-hydrogen) atoms. The molecule has 0 spiro atoms. The maximum atomic E-state index is 13.8. The third-order valence-electron chi connectivity index (χ3n) is 2.57. The Kier molecular flexibility index (Phi) is 3.36. The molecule has 0 aliphatic carbocycles. The number of nitrogens with two attached hydrogens (primary N) is 1. The van der Waals surface area contributed by atoms with E-state index < -0.39 is 5.82 Å². The van der Waals surface area contributed by atoms with Gasteiger partial charge >= 0.3 is 0 Å². The highest BCUT2D eigenvalue weighted by Gasteiger charge is 2.10. The average Bonchev–Trinajstić information content (AvgIpc) is 2.97. The molecule has 7 nitrogen and oxygen atoms in total. The van der Waals surface area contributed by atoms with Crippen molar-refractivity contribution in [2.24, 2.45) is 0 Å². The van der Waals surface area contributed by atoms with E-state index in [2.05, 4.69) is 25.3 Å². The summed E-state index contributed by atoms with van der Waals surface area (Å²) in [5.41, 5.74) is 5.77. The molecule has 0 aliphatic heterocycles. The number of hydrogen-bond acceptors (Lipinski definition) is 6.